The molecule has 1 fully saturated rings. The van der Waals surface area contributed by atoms with E-state index in [0.29, 0.717) is 36.2 Å². The second-order valence-electron chi connectivity index (χ2n) is 7.96. The smallest absolute Gasteiger partial charge is 0.268 e. The molecule has 5 nitrogen and oxygen atoms in total. The number of thioether (sulfide) groups is 1. The van der Waals surface area contributed by atoms with Gasteiger partial charge in [0.1, 0.15) is 5.75 Å². The first kappa shape index (κ1) is 20.9. The zero-order valence-corrected chi connectivity index (χ0v) is 17.9. The van der Waals surface area contributed by atoms with Gasteiger partial charge in [0, 0.05) is 11.9 Å². The Bertz CT molecular complexity index is 748. The number of hydrogen-bond acceptors (Lipinski definition) is 5. The van der Waals surface area contributed by atoms with Crippen LogP contribution in [0.1, 0.15) is 46.1 Å². The molecule has 1 aromatic carbocycles. The van der Waals surface area contributed by atoms with E-state index in [9.17, 15) is 9.59 Å². The van der Waals surface area contributed by atoms with E-state index in [-0.39, 0.29) is 23.2 Å². The molecule has 2 amide bonds. The van der Waals surface area contributed by atoms with Gasteiger partial charge >= 0.3 is 0 Å². The maximum atomic E-state index is 13.1. The summed E-state index contributed by atoms with van der Waals surface area (Å²) in [5.74, 6) is 0.787. The predicted octanol–water partition coefficient (Wildman–Crippen LogP) is 4.12. The van der Waals surface area contributed by atoms with Crippen LogP contribution in [-0.2, 0) is 14.3 Å². The van der Waals surface area contributed by atoms with Crippen LogP contribution in [-0.4, -0.2) is 47.8 Å². The van der Waals surface area contributed by atoms with Crippen LogP contribution in [0.5, 0.6) is 5.75 Å². The number of imide groups is 1. The Labute approximate surface area is 171 Å². The molecule has 1 unspecified atom stereocenters. The molecular formula is C22H29NO4S. The molecule has 2 aliphatic rings. The van der Waals surface area contributed by atoms with Crippen LogP contribution in [0.4, 0.5) is 0 Å². The summed E-state index contributed by atoms with van der Waals surface area (Å²) in [6.45, 7) is 9.92. The van der Waals surface area contributed by atoms with Gasteiger partial charge in [-0.05, 0) is 36.5 Å². The summed E-state index contributed by atoms with van der Waals surface area (Å²) in [5.41, 5.74) is 1.25. The molecule has 1 saturated heterocycles. The molecule has 0 radical (unpaired) electrons. The fourth-order valence-corrected chi connectivity index (χ4v) is 4.30. The van der Waals surface area contributed by atoms with Crippen LogP contribution in [0.15, 0.2) is 29.2 Å². The number of nitrogens with zero attached hydrogens (tertiary/aromatic N) is 1. The number of amides is 2. The molecule has 2 aliphatic heterocycles. The molecule has 3 rings (SSSR count). The van der Waals surface area contributed by atoms with Gasteiger partial charge < -0.3 is 9.47 Å². The van der Waals surface area contributed by atoms with E-state index in [1.165, 1.54) is 16.7 Å². The first-order chi connectivity index (χ1) is 13.4. The van der Waals surface area contributed by atoms with Gasteiger partial charge in [-0.25, -0.2) is 0 Å². The number of ether oxygens (including phenoxy) is 2. The molecule has 0 saturated carbocycles. The highest BCUT2D eigenvalue weighted by molar-refractivity contribution is 8.04. The number of carbonyl (C=O) groups excluding carboxylic acids is 2. The van der Waals surface area contributed by atoms with E-state index in [0.717, 1.165) is 24.2 Å². The Morgan fingerprint density at radius 3 is 2.43 bits per heavy atom. The molecule has 0 aromatic heterocycles. The van der Waals surface area contributed by atoms with Crippen molar-refractivity contribution in [2.45, 2.75) is 51.9 Å². The van der Waals surface area contributed by atoms with Crippen molar-refractivity contribution in [1.29, 1.82) is 0 Å². The average molecular weight is 404 g/mol. The van der Waals surface area contributed by atoms with Gasteiger partial charge in [-0.3, -0.25) is 14.5 Å². The zero-order chi connectivity index (χ0) is 20.3. The van der Waals surface area contributed by atoms with Crippen LogP contribution < -0.4 is 4.74 Å². The zero-order valence-electron chi connectivity index (χ0n) is 17.1. The monoisotopic (exact) mass is 403 g/mol. The predicted molar refractivity (Wildman–Crippen MR) is 112 cm³/mol. The molecular weight excluding hydrogens is 374 g/mol. The van der Waals surface area contributed by atoms with Gasteiger partial charge in [0.25, 0.3) is 11.8 Å². The minimum atomic E-state index is -0.223. The van der Waals surface area contributed by atoms with Gasteiger partial charge in [-0.15, -0.1) is 11.8 Å². The summed E-state index contributed by atoms with van der Waals surface area (Å²) in [6, 6.07) is 7.46. The minimum absolute atomic E-state index is 0.0515. The average Bonchev–Trinajstić information content (AvgIpc) is 3.23. The standard InChI is InChI=1S/C22H29NO4S/c1-14(2)13-27-17-9-7-16(8-10-17)19-20(28-15(3)4)22(25)23(21(19)24)12-18-6-5-11-26-18/h7-10,14-15,18H,5-6,11-13H2,1-4H3. The van der Waals surface area contributed by atoms with E-state index < -0.39 is 0 Å². The Morgan fingerprint density at radius 1 is 1.14 bits per heavy atom. The third-order valence-corrected chi connectivity index (χ3v) is 5.70. The third-order valence-electron chi connectivity index (χ3n) is 4.62. The highest BCUT2D eigenvalue weighted by Gasteiger charge is 2.40. The van der Waals surface area contributed by atoms with E-state index in [1.807, 2.05) is 38.1 Å². The van der Waals surface area contributed by atoms with E-state index in [4.69, 9.17) is 9.47 Å². The Morgan fingerprint density at radius 2 is 1.86 bits per heavy atom. The maximum Gasteiger partial charge on any atom is 0.268 e. The highest BCUT2D eigenvalue weighted by Crippen LogP contribution is 2.38. The highest BCUT2D eigenvalue weighted by atomic mass is 32.2. The maximum absolute atomic E-state index is 13.1. The molecule has 0 spiro atoms. The lowest BCUT2D eigenvalue weighted by atomic mass is 10.1. The largest absolute Gasteiger partial charge is 0.493 e. The molecule has 0 aliphatic carbocycles. The number of hydrogen-bond donors (Lipinski definition) is 0. The lowest BCUT2D eigenvalue weighted by molar-refractivity contribution is -0.138. The molecule has 0 N–H and O–H groups in total. The van der Waals surface area contributed by atoms with Crippen molar-refractivity contribution < 1.29 is 19.1 Å². The molecule has 28 heavy (non-hydrogen) atoms. The summed E-state index contributed by atoms with van der Waals surface area (Å²) < 4.78 is 11.4. The van der Waals surface area contributed by atoms with E-state index >= 15 is 0 Å². The van der Waals surface area contributed by atoms with Crippen molar-refractivity contribution in [3.63, 3.8) is 0 Å². The van der Waals surface area contributed by atoms with Crippen molar-refractivity contribution in [2.24, 2.45) is 5.92 Å². The molecule has 1 aromatic rings. The van der Waals surface area contributed by atoms with Gasteiger partial charge in [-0.1, -0.05) is 39.8 Å². The van der Waals surface area contributed by atoms with Gasteiger partial charge in [0.15, 0.2) is 0 Å². The summed E-state index contributed by atoms with van der Waals surface area (Å²) in [4.78, 5) is 28.1. The van der Waals surface area contributed by atoms with Crippen molar-refractivity contribution in [2.75, 3.05) is 19.8 Å². The quantitative estimate of drug-likeness (QED) is 0.611. The second kappa shape index (κ2) is 9.14. The Balaban J connectivity index is 1.84. The van der Waals surface area contributed by atoms with Crippen LogP contribution >= 0.6 is 11.8 Å². The van der Waals surface area contributed by atoms with Gasteiger partial charge in [0.2, 0.25) is 0 Å². The van der Waals surface area contributed by atoms with Crippen molar-refractivity contribution in [3.05, 3.63) is 34.7 Å². The van der Waals surface area contributed by atoms with E-state index in [1.54, 1.807) is 0 Å². The van der Waals surface area contributed by atoms with Crippen LogP contribution in [0, 0.1) is 5.92 Å². The lowest BCUT2D eigenvalue weighted by Gasteiger charge is -2.19. The lowest BCUT2D eigenvalue weighted by Crippen LogP contribution is -2.37. The third kappa shape index (κ3) is 4.78. The Hall–Kier alpha value is -1.79. The number of carbonyl (C=O) groups is 2. The first-order valence-electron chi connectivity index (χ1n) is 9.98. The van der Waals surface area contributed by atoms with Gasteiger partial charge in [-0.2, -0.15) is 0 Å². The van der Waals surface area contributed by atoms with Crippen LogP contribution in [0.3, 0.4) is 0 Å². The molecule has 152 valence electrons. The topological polar surface area (TPSA) is 55.8 Å². The van der Waals surface area contributed by atoms with Crippen molar-refractivity contribution in [1.82, 2.24) is 4.90 Å². The van der Waals surface area contributed by atoms with Crippen molar-refractivity contribution >= 4 is 29.1 Å². The number of benzene rings is 1. The summed E-state index contributed by atoms with van der Waals surface area (Å²) in [6.07, 6.45) is 1.82. The normalized spacial score (nSPS) is 20.2. The fourth-order valence-electron chi connectivity index (χ4n) is 3.29. The fraction of sp³-hybridized carbons (Fsp3) is 0.545. The summed E-state index contributed by atoms with van der Waals surface area (Å²) in [5, 5.41) is 0.207. The minimum Gasteiger partial charge on any atom is -0.493 e. The van der Waals surface area contributed by atoms with Crippen LogP contribution in [0.2, 0.25) is 0 Å². The SMILES string of the molecule is CC(C)COc1ccc(C2=C(SC(C)C)C(=O)N(CC3CCCO3)C2=O)cc1. The second-order valence-corrected chi connectivity index (χ2v) is 9.54. The number of rotatable bonds is 8. The Kier molecular flexibility index (Phi) is 6.83. The molecule has 2 heterocycles. The summed E-state index contributed by atoms with van der Waals surface area (Å²) in [7, 11) is 0. The van der Waals surface area contributed by atoms with Gasteiger partial charge in [0.05, 0.1) is 29.7 Å². The van der Waals surface area contributed by atoms with Crippen molar-refractivity contribution in [3.8, 4) is 5.75 Å². The molecule has 6 heteroatoms. The van der Waals surface area contributed by atoms with Crippen LogP contribution in [0.25, 0.3) is 5.57 Å². The first-order valence-corrected chi connectivity index (χ1v) is 10.9. The summed E-state index contributed by atoms with van der Waals surface area (Å²) >= 11 is 1.45. The molecule has 1 atom stereocenters. The van der Waals surface area contributed by atoms with E-state index in [2.05, 4.69) is 13.8 Å². The molecule has 0 bridgehead atoms.